The van der Waals surface area contributed by atoms with Gasteiger partial charge >= 0.3 is 0 Å². The Balaban J connectivity index is 1.76. The minimum atomic E-state index is -2.06. The lowest BCUT2D eigenvalue weighted by atomic mass is 9.94. The van der Waals surface area contributed by atoms with Crippen LogP contribution in [0.5, 0.6) is 11.5 Å². The van der Waals surface area contributed by atoms with Gasteiger partial charge in [-0.05, 0) is 25.0 Å². The summed E-state index contributed by atoms with van der Waals surface area (Å²) in [7, 11) is 0. The van der Waals surface area contributed by atoms with E-state index in [0.717, 1.165) is 25.7 Å². The summed E-state index contributed by atoms with van der Waals surface area (Å²) in [6, 6.07) is 4.99. The second-order valence-corrected chi connectivity index (χ2v) is 5.51. The number of nitrogens with one attached hydrogen (secondary N) is 1. The van der Waals surface area contributed by atoms with E-state index in [2.05, 4.69) is 5.32 Å². The van der Waals surface area contributed by atoms with Crippen LogP contribution in [0, 0.1) is 0 Å². The molecule has 4 nitrogen and oxygen atoms in total. The average Bonchev–Trinajstić information content (AvgIpc) is 2.76. The van der Waals surface area contributed by atoms with Crippen molar-refractivity contribution < 1.29 is 18.7 Å². The lowest BCUT2D eigenvalue weighted by Gasteiger charge is -2.31. The summed E-state index contributed by atoms with van der Waals surface area (Å²) in [6.07, 6.45) is 5.07. The van der Waals surface area contributed by atoms with Gasteiger partial charge in [-0.1, -0.05) is 18.0 Å². The maximum Gasteiger partial charge on any atom is 0.274 e. The number of benzene rings is 1. The first kappa shape index (κ1) is 13.5. The summed E-state index contributed by atoms with van der Waals surface area (Å²) in [5.41, 5.74) is -1.63. The number of anilines is 1. The van der Waals surface area contributed by atoms with E-state index in [1.807, 2.05) is 0 Å². The highest BCUT2D eigenvalue weighted by atomic mass is 35.5. The summed E-state index contributed by atoms with van der Waals surface area (Å²) in [6.45, 7) is 0. The van der Waals surface area contributed by atoms with Gasteiger partial charge in [-0.3, -0.25) is 4.79 Å². The van der Waals surface area contributed by atoms with Crippen LogP contribution in [-0.4, -0.2) is 17.3 Å². The molecule has 1 heterocycles. The molecule has 1 atom stereocenters. The van der Waals surface area contributed by atoms with Crippen LogP contribution in [-0.2, 0) is 4.79 Å². The van der Waals surface area contributed by atoms with E-state index in [9.17, 15) is 9.18 Å². The highest BCUT2D eigenvalue weighted by molar-refractivity contribution is 6.31. The summed E-state index contributed by atoms with van der Waals surface area (Å²) in [5, 5.41) is 2.38. The SMILES string of the molecule is O=C(Nc1ccc2c(c1)OC1(CCCCC1)O2)C(F)Cl. The second-order valence-electron chi connectivity index (χ2n) is 5.13. The van der Waals surface area contributed by atoms with Crippen molar-refractivity contribution in [2.24, 2.45) is 0 Å². The molecule has 3 rings (SSSR count). The summed E-state index contributed by atoms with van der Waals surface area (Å²) >= 11 is 5.08. The number of hydrogen-bond donors (Lipinski definition) is 1. The van der Waals surface area contributed by atoms with Gasteiger partial charge in [0, 0.05) is 24.6 Å². The van der Waals surface area contributed by atoms with Crippen LogP contribution in [0.3, 0.4) is 0 Å². The third-order valence-corrected chi connectivity index (χ3v) is 3.81. The van der Waals surface area contributed by atoms with Crippen molar-refractivity contribution in [2.75, 3.05) is 5.32 Å². The Morgan fingerprint density at radius 2 is 1.95 bits per heavy atom. The van der Waals surface area contributed by atoms with Crippen molar-refractivity contribution in [3.8, 4) is 11.5 Å². The van der Waals surface area contributed by atoms with Crippen LogP contribution in [0.4, 0.5) is 10.1 Å². The van der Waals surface area contributed by atoms with Gasteiger partial charge in [-0.25, -0.2) is 4.39 Å². The first-order valence-electron chi connectivity index (χ1n) is 6.69. The van der Waals surface area contributed by atoms with Gasteiger partial charge < -0.3 is 14.8 Å². The zero-order chi connectivity index (χ0) is 14.2. The largest absolute Gasteiger partial charge is 0.448 e. The van der Waals surface area contributed by atoms with Crippen LogP contribution in [0.25, 0.3) is 0 Å². The van der Waals surface area contributed by atoms with E-state index in [4.69, 9.17) is 21.1 Å². The number of carbonyl (C=O) groups is 1. The van der Waals surface area contributed by atoms with Gasteiger partial charge in [0.25, 0.3) is 17.3 Å². The monoisotopic (exact) mass is 299 g/mol. The van der Waals surface area contributed by atoms with Gasteiger partial charge in [0.1, 0.15) is 0 Å². The molecule has 1 aliphatic heterocycles. The molecule has 1 aliphatic carbocycles. The molecule has 0 radical (unpaired) electrons. The zero-order valence-electron chi connectivity index (χ0n) is 10.8. The first-order chi connectivity index (χ1) is 9.58. The fraction of sp³-hybridized carbons (Fsp3) is 0.500. The molecule has 1 unspecified atom stereocenters. The number of alkyl halides is 2. The molecular weight excluding hydrogens is 285 g/mol. The highest BCUT2D eigenvalue weighted by Gasteiger charge is 2.42. The lowest BCUT2D eigenvalue weighted by molar-refractivity contribution is -0.118. The number of carbonyl (C=O) groups excluding carboxylic acids is 1. The Bertz CT molecular complexity index is 529. The fourth-order valence-corrected chi connectivity index (χ4v) is 2.72. The number of halogens is 2. The summed E-state index contributed by atoms with van der Waals surface area (Å²) < 4.78 is 24.5. The molecule has 0 saturated heterocycles. The molecule has 6 heteroatoms. The van der Waals surface area contributed by atoms with E-state index in [0.29, 0.717) is 17.2 Å². The highest BCUT2D eigenvalue weighted by Crippen LogP contribution is 2.46. The smallest absolute Gasteiger partial charge is 0.274 e. The molecular formula is C14H15ClFNO3. The van der Waals surface area contributed by atoms with E-state index in [1.165, 1.54) is 6.42 Å². The van der Waals surface area contributed by atoms with Crippen LogP contribution in [0.2, 0.25) is 0 Å². The predicted molar refractivity (Wildman–Crippen MR) is 72.9 cm³/mol. The molecule has 1 aromatic carbocycles. The number of ether oxygens (including phenoxy) is 2. The molecule has 1 saturated carbocycles. The Morgan fingerprint density at radius 3 is 2.65 bits per heavy atom. The molecule has 1 aromatic rings. The molecule has 1 N–H and O–H groups in total. The lowest BCUT2D eigenvalue weighted by Crippen LogP contribution is -2.40. The van der Waals surface area contributed by atoms with Crippen LogP contribution in [0.15, 0.2) is 18.2 Å². The van der Waals surface area contributed by atoms with Crippen molar-refractivity contribution in [3.05, 3.63) is 18.2 Å². The Labute approximate surface area is 121 Å². The van der Waals surface area contributed by atoms with Crippen molar-refractivity contribution in [3.63, 3.8) is 0 Å². The number of fused-ring (bicyclic) bond motifs is 1. The molecule has 20 heavy (non-hydrogen) atoms. The maximum absolute atomic E-state index is 12.6. The van der Waals surface area contributed by atoms with E-state index >= 15 is 0 Å². The third kappa shape index (κ3) is 2.54. The third-order valence-electron chi connectivity index (χ3n) is 3.62. The molecule has 1 fully saturated rings. The minimum Gasteiger partial charge on any atom is -0.448 e. The Hall–Kier alpha value is -1.49. The predicted octanol–water partition coefficient (Wildman–Crippen LogP) is 3.59. The fourth-order valence-electron chi connectivity index (χ4n) is 2.66. The van der Waals surface area contributed by atoms with E-state index in [1.54, 1.807) is 18.2 Å². The topological polar surface area (TPSA) is 47.6 Å². The number of amides is 1. The van der Waals surface area contributed by atoms with E-state index < -0.39 is 17.3 Å². The van der Waals surface area contributed by atoms with Gasteiger partial charge in [-0.2, -0.15) is 0 Å². The quantitative estimate of drug-likeness (QED) is 0.849. The van der Waals surface area contributed by atoms with Crippen molar-refractivity contribution in [1.29, 1.82) is 0 Å². The van der Waals surface area contributed by atoms with Gasteiger partial charge in [0.2, 0.25) is 0 Å². The van der Waals surface area contributed by atoms with Crippen molar-refractivity contribution in [2.45, 2.75) is 43.5 Å². The second kappa shape index (κ2) is 5.13. The number of hydrogen-bond acceptors (Lipinski definition) is 3. The maximum atomic E-state index is 12.6. The Morgan fingerprint density at radius 1 is 1.25 bits per heavy atom. The first-order valence-corrected chi connectivity index (χ1v) is 7.13. The molecule has 0 bridgehead atoms. The van der Waals surface area contributed by atoms with Crippen LogP contribution >= 0.6 is 11.6 Å². The van der Waals surface area contributed by atoms with Crippen molar-refractivity contribution >= 4 is 23.2 Å². The van der Waals surface area contributed by atoms with Crippen molar-refractivity contribution in [1.82, 2.24) is 0 Å². The average molecular weight is 300 g/mol. The summed E-state index contributed by atoms with van der Waals surface area (Å²) in [5.74, 6) is -0.210. The van der Waals surface area contributed by atoms with Gasteiger partial charge in [0.15, 0.2) is 11.5 Å². The molecule has 0 aromatic heterocycles. The van der Waals surface area contributed by atoms with Crippen LogP contribution < -0.4 is 14.8 Å². The van der Waals surface area contributed by atoms with E-state index in [-0.39, 0.29) is 0 Å². The van der Waals surface area contributed by atoms with Crippen LogP contribution in [0.1, 0.15) is 32.1 Å². The molecule has 2 aliphatic rings. The minimum absolute atomic E-state index is 0.438. The molecule has 1 amide bonds. The molecule has 1 spiro atoms. The standard InChI is InChI=1S/C14H15ClFNO3/c15-12(16)13(18)17-9-4-5-10-11(8-9)20-14(19-10)6-2-1-3-7-14/h4-5,8,12H,1-3,6-7H2,(H,17,18). The normalized spacial score (nSPS) is 20.7. The summed E-state index contributed by atoms with van der Waals surface area (Å²) in [4.78, 5) is 11.2. The zero-order valence-corrected chi connectivity index (χ0v) is 11.6. The van der Waals surface area contributed by atoms with Gasteiger partial charge in [-0.15, -0.1) is 0 Å². The Kier molecular flexibility index (Phi) is 3.46. The molecule has 108 valence electrons. The number of rotatable bonds is 2. The van der Waals surface area contributed by atoms with Gasteiger partial charge in [0.05, 0.1) is 0 Å².